The summed E-state index contributed by atoms with van der Waals surface area (Å²) in [6.45, 7) is 0. The molecule has 0 saturated heterocycles. The van der Waals surface area contributed by atoms with Gasteiger partial charge in [0.1, 0.15) is 29.1 Å². The number of benzene rings is 3. The fourth-order valence-corrected chi connectivity index (χ4v) is 3.87. The lowest BCUT2D eigenvalue weighted by Gasteiger charge is -2.23. The Morgan fingerprint density at radius 2 is 1.14 bits per heavy atom. The van der Waals surface area contributed by atoms with Gasteiger partial charge in [0.25, 0.3) is 0 Å². The molecule has 0 aliphatic carbocycles. The molecule has 0 aliphatic rings. The SMILES string of the molecule is COc1cc(OC)cc(C(OC)c2c(/C=C/c3ccc(OC)c(OC)c3)cc(OC)cc2OC)c1. The molecule has 0 bridgehead atoms. The fraction of sp³-hybridized carbons (Fsp3) is 0.286. The maximum Gasteiger partial charge on any atom is 0.161 e. The molecule has 3 rings (SSSR count). The lowest BCUT2D eigenvalue weighted by molar-refractivity contribution is 0.133. The Labute approximate surface area is 206 Å². The van der Waals surface area contributed by atoms with E-state index in [0.717, 1.165) is 22.3 Å². The Hall–Kier alpha value is -3.84. The molecule has 0 spiro atoms. The molecular weight excluding hydrogens is 448 g/mol. The standard InChI is InChI=1S/C28H32O7/c1-29-21-14-20(15-22(16-21)30-2)28(35-7)27-19(13-23(31-3)17-26(27)34-6)10-8-18-9-11-24(32-4)25(12-18)33-5/h8-17,28H,1-7H3/b10-8+. The van der Waals surface area contributed by atoms with Crippen molar-refractivity contribution < 1.29 is 33.2 Å². The molecule has 0 aromatic heterocycles. The molecule has 186 valence electrons. The van der Waals surface area contributed by atoms with Gasteiger partial charge in [0, 0.05) is 24.8 Å². The minimum Gasteiger partial charge on any atom is -0.497 e. The van der Waals surface area contributed by atoms with Crippen molar-refractivity contribution in [1.29, 1.82) is 0 Å². The molecule has 0 amide bonds. The monoisotopic (exact) mass is 480 g/mol. The van der Waals surface area contributed by atoms with Crippen LogP contribution in [0, 0.1) is 0 Å². The lowest BCUT2D eigenvalue weighted by atomic mass is 9.94. The molecule has 35 heavy (non-hydrogen) atoms. The van der Waals surface area contributed by atoms with E-state index in [-0.39, 0.29) is 0 Å². The maximum absolute atomic E-state index is 5.99. The molecule has 7 heteroatoms. The number of hydrogen-bond acceptors (Lipinski definition) is 7. The third-order valence-electron chi connectivity index (χ3n) is 5.64. The average molecular weight is 481 g/mol. The number of methoxy groups -OCH3 is 7. The highest BCUT2D eigenvalue weighted by Crippen LogP contribution is 2.41. The zero-order valence-electron chi connectivity index (χ0n) is 21.2. The van der Waals surface area contributed by atoms with Gasteiger partial charge in [-0.1, -0.05) is 18.2 Å². The molecule has 0 saturated carbocycles. The summed E-state index contributed by atoms with van der Waals surface area (Å²) in [5, 5.41) is 0. The lowest BCUT2D eigenvalue weighted by Crippen LogP contribution is -2.09. The first-order valence-corrected chi connectivity index (χ1v) is 10.9. The van der Waals surface area contributed by atoms with E-state index in [1.807, 2.05) is 60.7 Å². The second kappa shape index (κ2) is 12.0. The predicted molar refractivity (Wildman–Crippen MR) is 136 cm³/mol. The van der Waals surface area contributed by atoms with Crippen LogP contribution in [0.2, 0.25) is 0 Å². The van der Waals surface area contributed by atoms with Crippen LogP contribution in [0.15, 0.2) is 48.5 Å². The van der Waals surface area contributed by atoms with Crippen molar-refractivity contribution in [2.75, 3.05) is 49.8 Å². The van der Waals surface area contributed by atoms with Crippen LogP contribution in [0.1, 0.15) is 28.4 Å². The summed E-state index contributed by atoms with van der Waals surface area (Å²) in [5.74, 6) is 3.93. The van der Waals surface area contributed by atoms with Crippen molar-refractivity contribution >= 4 is 12.2 Å². The van der Waals surface area contributed by atoms with Gasteiger partial charge in [0.15, 0.2) is 11.5 Å². The molecule has 1 unspecified atom stereocenters. The molecule has 1 atom stereocenters. The van der Waals surface area contributed by atoms with Crippen LogP contribution in [0.3, 0.4) is 0 Å². The predicted octanol–water partition coefficient (Wildman–Crippen LogP) is 5.64. The van der Waals surface area contributed by atoms with Gasteiger partial charge in [-0.2, -0.15) is 0 Å². The molecule has 7 nitrogen and oxygen atoms in total. The average Bonchev–Trinajstić information content (AvgIpc) is 2.91. The van der Waals surface area contributed by atoms with Gasteiger partial charge in [-0.25, -0.2) is 0 Å². The van der Waals surface area contributed by atoms with Crippen LogP contribution < -0.4 is 28.4 Å². The van der Waals surface area contributed by atoms with Gasteiger partial charge < -0.3 is 33.2 Å². The Morgan fingerprint density at radius 3 is 1.69 bits per heavy atom. The van der Waals surface area contributed by atoms with Gasteiger partial charge in [0.2, 0.25) is 0 Å². The summed E-state index contributed by atoms with van der Waals surface area (Å²) in [6, 6.07) is 15.2. The van der Waals surface area contributed by atoms with E-state index in [9.17, 15) is 0 Å². The molecule has 0 heterocycles. The van der Waals surface area contributed by atoms with Gasteiger partial charge >= 0.3 is 0 Å². The Bertz CT molecular complexity index is 1150. The van der Waals surface area contributed by atoms with E-state index in [1.165, 1.54) is 0 Å². The Morgan fingerprint density at radius 1 is 0.543 bits per heavy atom. The minimum absolute atomic E-state index is 0.468. The van der Waals surface area contributed by atoms with E-state index in [0.29, 0.717) is 34.5 Å². The molecule has 3 aromatic carbocycles. The van der Waals surface area contributed by atoms with Crippen molar-refractivity contribution in [3.05, 3.63) is 70.8 Å². The van der Waals surface area contributed by atoms with Gasteiger partial charge in [-0.3, -0.25) is 0 Å². The fourth-order valence-electron chi connectivity index (χ4n) is 3.87. The van der Waals surface area contributed by atoms with E-state index >= 15 is 0 Å². The highest BCUT2D eigenvalue weighted by atomic mass is 16.5. The summed E-state index contributed by atoms with van der Waals surface area (Å²) in [4.78, 5) is 0. The summed E-state index contributed by atoms with van der Waals surface area (Å²) in [5.41, 5.74) is 3.49. The summed E-state index contributed by atoms with van der Waals surface area (Å²) in [6.07, 6.45) is 3.51. The zero-order valence-corrected chi connectivity index (χ0v) is 21.2. The van der Waals surface area contributed by atoms with Crippen LogP contribution in [-0.2, 0) is 4.74 Å². The molecule has 0 radical (unpaired) electrons. The maximum atomic E-state index is 5.99. The minimum atomic E-state index is -0.468. The highest BCUT2D eigenvalue weighted by Gasteiger charge is 2.24. The van der Waals surface area contributed by atoms with Crippen molar-refractivity contribution in [1.82, 2.24) is 0 Å². The largest absolute Gasteiger partial charge is 0.497 e. The second-order valence-corrected chi connectivity index (χ2v) is 7.54. The topological polar surface area (TPSA) is 64.6 Å². The summed E-state index contributed by atoms with van der Waals surface area (Å²) in [7, 11) is 11.4. The Kier molecular flexibility index (Phi) is 8.86. The van der Waals surface area contributed by atoms with Crippen molar-refractivity contribution in [3.63, 3.8) is 0 Å². The quantitative estimate of drug-likeness (QED) is 0.329. The van der Waals surface area contributed by atoms with Crippen molar-refractivity contribution in [2.24, 2.45) is 0 Å². The van der Waals surface area contributed by atoms with Crippen LogP contribution in [0.25, 0.3) is 12.2 Å². The first kappa shape index (κ1) is 25.8. The number of rotatable bonds is 11. The van der Waals surface area contributed by atoms with Crippen LogP contribution in [0.5, 0.6) is 34.5 Å². The van der Waals surface area contributed by atoms with E-state index in [1.54, 1.807) is 49.8 Å². The third-order valence-corrected chi connectivity index (χ3v) is 5.64. The van der Waals surface area contributed by atoms with Crippen molar-refractivity contribution in [3.8, 4) is 34.5 Å². The summed E-state index contributed by atoms with van der Waals surface area (Å²) < 4.78 is 39.0. The smallest absolute Gasteiger partial charge is 0.161 e. The van der Waals surface area contributed by atoms with E-state index < -0.39 is 6.10 Å². The normalized spacial score (nSPS) is 11.7. The van der Waals surface area contributed by atoms with Crippen molar-refractivity contribution in [2.45, 2.75) is 6.10 Å². The number of ether oxygens (including phenoxy) is 7. The first-order chi connectivity index (χ1) is 17.0. The third kappa shape index (κ3) is 5.81. The van der Waals surface area contributed by atoms with Gasteiger partial charge in [-0.05, 0) is 47.0 Å². The molecule has 0 aliphatic heterocycles. The molecular formula is C28H32O7. The highest BCUT2D eigenvalue weighted by molar-refractivity contribution is 5.75. The number of hydrogen-bond donors (Lipinski definition) is 0. The zero-order chi connectivity index (χ0) is 25.4. The molecule has 0 N–H and O–H groups in total. The van der Waals surface area contributed by atoms with Gasteiger partial charge in [0.05, 0.1) is 42.7 Å². The first-order valence-electron chi connectivity index (χ1n) is 10.9. The Balaban J connectivity index is 2.17. The molecule has 0 fully saturated rings. The molecule has 3 aromatic rings. The van der Waals surface area contributed by atoms with Crippen LogP contribution in [0.4, 0.5) is 0 Å². The van der Waals surface area contributed by atoms with Crippen LogP contribution >= 0.6 is 0 Å². The van der Waals surface area contributed by atoms with E-state index in [2.05, 4.69) is 0 Å². The second-order valence-electron chi connectivity index (χ2n) is 7.54. The summed E-state index contributed by atoms with van der Waals surface area (Å²) >= 11 is 0. The van der Waals surface area contributed by atoms with Crippen LogP contribution in [-0.4, -0.2) is 49.8 Å². The van der Waals surface area contributed by atoms with Gasteiger partial charge in [-0.15, -0.1) is 0 Å². The van der Waals surface area contributed by atoms with E-state index in [4.69, 9.17) is 33.2 Å².